The molecule has 0 aromatic rings. The Morgan fingerprint density at radius 1 is 0.917 bits per heavy atom. The van der Waals surface area contributed by atoms with E-state index in [0.29, 0.717) is 48.0 Å². The molecule has 1 aliphatic rings. The molecule has 1 rings (SSSR count). The molecule has 1 N–H and O–H groups in total. The van der Waals surface area contributed by atoms with Gasteiger partial charge in [-0.2, -0.15) is 0 Å². The van der Waals surface area contributed by atoms with Crippen molar-refractivity contribution in [1.82, 2.24) is 0 Å². The van der Waals surface area contributed by atoms with Crippen LogP contribution < -0.4 is 0 Å². The lowest BCUT2D eigenvalue weighted by molar-refractivity contribution is -0.137. The molecule has 1 unspecified atom stereocenters. The van der Waals surface area contributed by atoms with Crippen LogP contribution in [0.25, 0.3) is 0 Å². The highest BCUT2D eigenvalue weighted by atomic mass is 16.4. The van der Waals surface area contributed by atoms with Crippen LogP contribution in [0.15, 0.2) is 22.3 Å². The summed E-state index contributed by atoms with van der Waals surface area (Å²) in [6, 6.07) is 0. The van der Waals surface area contributed by atoms with Crippen LogP contribution in [0.4, 0.5) is 0 Å². The quantitative estimate of drug-likeness (QED) is 0.591. The van der Waals surface area contributed by atoms with Crippen LogP contribution in [0.1, 0.15) is 79.1 Å². The van der Waals surface area contributed by atoms with Crippen molar-refractivity contribution >= 4 is 17.5 Å². The van der Waals surface area contributed by atoms with E-state index >= 15 is 0 Å². The zero-order chi connectivity index (χ0) is 18.3. The van der Waals surface area contributed by atoms with E-state index in [1.54, 1.807) is 6.92 Å². The third-order valence-corrected chi connectivity index (χ3v) is 4.72. The molecule has 1 aliphatic carbocycles. The predicted molar refractivity (Wildman–Crippen MR) is 94.8 cm³/mol. The average molecular weight is 334 g/mol. The van der Waals surface area contributed by atoms with Crippen LogP contribution in [-0.2, 0) is 14.4 Å². The Morgan fingerprint density at radius 3 is 1.96 bits per heavy atom. The lowest BCUT2D eigenvalue weighted by atomic mass is 9.79. The number of hydrogen-bond donors (Lipinski definition) is 1. The first-order valence-electron chi connectivity index (χ1n) is 9.06. The molecule has 0 heterocycles. The molecule has 4 heteroatoms. The first-order chi connectivity index (χ1) is 11.3. The van der Waals surface area contributed by atoms with Gasteiger partial charge in [0, 0.05) is 28.7 Å². The van der Waals surface area contributed by atoms with E-state index in [2.05, 4.69) is 0 Å². The topological polar surface area (TPSA) is 71.4 Å². The zero-order valence-corrected chi connectivity index (χ0v) is 15.4. The van der Waals surface area contributed by atoms with Crippen molar-refractivity contribution in [3.05, 3.63) is 22.3 Å². The molecular weight excluding hydrogens is 304 g/mol. The number of allylic oxidation sites excluding steroid dienone is 4. The molecule has 0 saturated heterocycles. The molecule has 0 fully saturated rings. The van der Waals surface area contributed by atoms with Crippen LogP contribution >= 0.6 is 0 Å². The summed E-state index contributed by atoms with van der Waals surface area (Å²) in [6.45, 7) is 7.80. The van der Waals surface area contributed by atoms with Gasteiger partial charge in [0.25, 0.3) is 0 Å². The largest absolute Gasteiger partial charge is 0.481 e. The molecule has 0 bridgehead atoms. The fraction of sp³-hybridized carbons (Fsp3) is 0.650. The maximum absolute atomic E-state index is 12.9. The summed E-state index contributed by atoms with van der Waals surface area (Å²) >= 11 is 0. The Kier molecular flexibility index (Phi) is 8.09. The molecular formula is C20H30O4. The molecule has 0 radical (unpaired) electrons. The molecule has 4 nitrogen and oxygen atoms in total. The second-order valence-electron chi connectivity index (χ2n) is 6.80. The maximum Gasteiger partial charge on any atom is 0.303 e. The molecule has 0 aliphatic heterocycles. The highest BCUT2D eigenvalue weighted by Gasteiger charge is 2.31. The summed E-state index contributed by atoms with van der Waals surface area (Å²) in [5.74, 6) is -0.491. The van der Waals surface area contributed by atoms with E-state index in [9.17, 15) is 14.4 Å². The number of Topliss-reactive ketones (excluding diaryl/α,β-unsaturated/α-hetero) is 2. The number of carbonyl (C=O) groups is 3. The fourth-order valence-electron chi connectivity index (χ4n) is 3.22. The minimum absolute atomic E-state index is 0.0353. The molecule has 0 amide bonds. The van der Waals surface area contributed by atoms with Gasteiger partial charge in [0.15, 0.2) is 11.6 Å². The van der Waals surface area contributed by atoms with Crippen LogP contribution in [-0.4, -0.2) is 22.6 Å². The number of carboxylic acids is 1. The first-order valence-corrected chi connectivity index (χ1v) is 9.06. The van der Waals surface area contributed by atoms with Crippen molar-refractivity contribution in [2.75, 3.05) is 0 Å². The van der Waals surface area contributed by atoms with Crippen molar-refractivity contribution in [1.29, 1.82) is 0 Å². The lowest BCUT2D eigenvalue weighted by Crippen LogP contribution is -2.23. The van der Waals surface area contributed by atoms with E-state index in [0.717, 1.165) is 19.3 Å². The summed E-state index contributed by atoms with van der Waals surface area (Å²) in [7, 11) is 0. The van der Waals surface area contributed by atoms with Gasteiger partial charge < -0.3 is 5.11 Å². The Morgan fingerprint density at radius 2 is 1.46 bits per heavy atom. The average Bonchev–Trinajstić information content (AvgIpc) is 2.54. The van der Waals surface area contributed by atoms with Crippen molar-refractivity contribution in [2.24, 2.45) is 5.92 Å². The van der Waals surface area contributed by atoms with Crippen LogP contribution in [0.3, 0.4) is 0 Å². The monoisotopic (exact) mass is 334 g/mol. The first kappa shape index (κ1) is 20.3. The smallest absolute Gasteiger partial charge is 0.303 e. The third-order valence-electron chi connectivity index (χ3n) is 4.72. The maximum atomic E-state index is 12.9. The highest BCUT2D eigenvalue weighted by Crippen LogP contribution is 2.32. The van der Waals surface area contributed by atoms with Gasteiger partial charge in [0.1, 0.15) is 0 Å². The number of carboxylic acid groups (broad SMARTS) is 1. The zero-order valence-electron chi connectivity index (χ0n) is 15.4. The van der Waals surface area contributed by atoms with Crippen molar-refractivity contribution in [3.8, 4) is 0 Å². The van der Waals surface area contributed by atoms with Gasteiger partial charge in [-0.15, -0.1) is 0 Å². The highest BCUT2D eigenvalue weighted by molar-refractivity contribution is 6.25. The SMILES string of the molecule is CCCC1=C(CCC)C(=O)C(CCC(C)CCC(=O)O)=C(C)C1=O. The van der Waals surface area contributed by atoms with Gasteiger partial charge in [0.05, 0.1) is 0 Å². The predicted octanol–water partition coefficient (Wildman–Crippen LogP) is 4.63. The molecule has 0 aromatic carbocycles. The van der Waals surface area contributed by atoms with Crippen LogP contribution in [0.2, 0.25) is 0 Å². The molecule has 0 spiro atoms. The Labute approximate surface area is 145 Å². The standard InChI is InChI=1S/C20H30O4/c1-5-7-16-17(8-6-2)20(24)15(14(4)19(16)23)11-9-13(3)10-12-18(21)22/h13H,5-12H2,1-4H3,(H,21,22). The Balaban J connectivity index is 2.89. The van der Waals surface area contributed by atoms with Gasteiger partial charge in [0.2, 0.25) is 0 Å². The molecule has 0 saturated carbocycles. The summed E-state index contributed by atoms with van der Waals surface area (Å²) in [6.07, 6.45) is 5.08. The van der Waals surface area contributed by atoms with Gasteiger partial charge in [-0.1, -0.05) is 33.6 Å². The van der Waals surface area contributed by atoms with E-state index in [-0.39, 0.29) is 23.9 Å². The molecule has 0 aromatic heterocycles. The summed E-state index contributed by atoms with van der Waals surface area (Å²) in [5.41, 5.74) is 2.66. The lowest BCUT2D eigenvalue weighted by Gasteiger charge is -2.23. The van der Waals surface area contributed by atoms with Crippen LogP contribution in [0, 0.1) is 5.92 Å². The van der Waals surface area contributed by atoms with E-state index in [1.807, 2.05) is 20.8 Å². The van der Waals surface area contributed by atoms with Gasteiger partial charge >= 0.3 is 5.97 Å². The normalized spacial score (nSPS) is 16.8. The summed E-state index contributed by atoms with van der Waals surface area (Å²) in [4.78, 5) is 36.2. The van der Waals surface area contributed by atoms with Gasteiger partial charge in [-0.3, -0.25) is 14.4 Å². The fourth-order valence-corrected chi connectivity index (χ4v) is 3.22. The Bertz CT molecular complexity index is 566. The van der Waals surface area contributed by atoms with E-state index in [4.69, 9.17) is 5.11 Å². The minimum atomic E-state index is -0.793. The summed E-state index contributed by atoms with van der Waals surface area (Å²) in [5, 5.41) is 8.76. The number of aliphatic carboxylic acids is 1. The number of ketones is 2. The molecule has 1 atom stereocenters. The summed E-state index contributed by atoms with van der Waals surface area (Å²) < 4.78 is 0. The third kappa shape index (κ3) is 5.15. The van der Waals surface area contributed by atoms with E-state index in [1.165, 1.54) is 0 Å². The van der Waals surface area contributed by atoms with Gasteiger partial charge in [-0.05, 0) is 44.9 Å². The second-order valence-corrected chi connectivity index (χ2v) is 6.80. The molecule has 134 valence electrons. The van der Waals surface area contributed by atoms with Crippen molar-refractivity contribution in [2.45, 2.75) is 79.1 Å². The Hall–Kier alpha value is -1.71. The second kappa shape index (κ2) is 9.55. The molecule has 24 heavy (non-hydrogen) atoms. The number of hydrogen-bond acceptors (Lipinski definition) is 3. The van der Waals surface area contributed by atoms with Gasteiger partial charge in [-0.25, -0.2) is 0 Å². The van der Waals surface area contributed by atoms with Crippen molar-refractivity contribution in [3.63, 3.8) is 0 Å². The number of carbonyl (C=O) groups excluding carboxylic acids is 2. The van der Waals surface area contributed by atoms with Crippen LogP contribution in [0.5, 0.6) is 0 Å². The minimum Gasteiger partial charge on any atom is -0.481 e. The number of rotatable bonds is 10. The van der Waals surface area contributed by atoms with E-state index < -0.39 is 5.97 Å². The van der Waals surface area contributed by atoms with Crippen molar-refractivity contribution < 1.29 is 19.5 Å².